The van der Waals surface area contributed by atoms with E-state index < -0.39 is 11.9 Å². The van der Waals surface area contributed by atoms with Crippen molar-refractivity contribution in [3.63, 3.8) is 0 Å². The molecule has 1 fully saturated rings. The number of fused-ring (bicyclic) bond motifs is 2. The molecule has 0 aliphatic carbocycles. The zero-order valence-corrected chi connectivity index (χ0v) is 25.7. The van der Waals surface area contributed by atoms with Gasteiger partial charge in [-0.2, -0.15) is 0 Å². The predicted octanol–water partition coefficient (Wildman–Crippen LogP) is 5.77. The lowest BCUT2D eigenvalue weighted by molar-refractivity contribution is -0.128. The number of benzene rings is 1. The van der Waals surface area contributed by atoms with Crippen LogP contribution in [-0.4, -0.2) is 68.8 Å². The second kappa shape index (κ2) is 12.2. The molecule has 226 valence electrons. The van der Waals surface area contributed by atoms with Crippen LogP contribution in [-0.2, 0) is 4.79 Å². The predicted molar refractivity (Wildman–Crippen MR) is 169 cm³/mol. The quantitative estimate of drug-likeness (QED) is 0.133. The summed E-state index contributed by atoms with van der Waals surface area (Å²) in [7, 11) is 0. The van der Waals surface area contributed by atoms with Crippen molar-refractivity contribution in [2.75, 3.05) is 42.5 Å². The van der Waals surface area contributed by atoms with Crippen LogP contribution in [0.25, 0.3) is 11.3 Å². The van der Waals surface area contributed by atoms with E-state index >= 15 is 4.39 Å². The first-order valence-electron chi connectivity index (χ1n) is 13.5. The van der Waals surface area contributed by atoms with E-state index in [2.05, 4.69) is 22.2 Å². The molecule has 2 aliphatic heterocycles. The number of nitrogens with zero attached hydrogens (tertiary/aromatic N) is 4. The first kappa shape index (κ1) is 30.8. The van der Waals surface area contributed by atoms with Crippen LogP contribution in [0, 0.1) is 18.2 Å². The third-order valence-electron chi connectivity index (χ3n) is 7.68. The van der Waals surface area contributed by atoms with E-state index in [0.717, 1.165) is 5.56 Å². The highest BCUT2D eigenvalue weighted by molar-refractivity contribution is 6.39. The highest BCUT2D eigenvalue weighted by Gasteiger charge is 2.36. The van der Waals surface area contributed by atoms with E-state index in [1.807, 2.05) is 11.8 Å². The first-order chi connectivity index (χ1) is 20.4. The molecule has 1 amide bonds. The van der Waals surface area contributed by atoms with Crippen LogP contribution in [0.5, 0.6) is 0 Å². The third-order valence-corrected chi connectivity index (χ3v) is 8.64. The molecular formula is C29H30Cl3FN8O2. The van der Waals surface area contributed by atoms with Crippen molar-refractivity contribution in [3.8, 4) is 11.3 Å². The molecule has 0 radical (unpaired) electrons. The van der Waals surface area contributed by atoms with Crippen molar-refractivity contribution in [3.05, 3.63) is 68.7 Å². The summed E-state index contributed by atoms with van der Waals surface area (Å²) in [6.07, 6.45) is 2.50. The monoisotopic (exact) mass is 646 g/mol. The summed E-state index contributed by atoms with van der Waals surface area (Å²) >= 11 is 19.4. The number of carbonyl (C=O) groups excluding carboxylic acids is 1. The maximum atomic E-state index is 15.6. The molecule has 43 heavy (non-hydrogen) atoms. The fourth-order valence-corrected chi connectivity index (χ4v) is 6.23. The molecule has 2 atom stereocenters. The first-order valence-corrected chi connectivity index (χ1v) is 14.7. The van der Waals surface area contributed by atoms with Crippen molar-refractivity contribution in [1.82, 2.24) is 19.8 Å². The van der Waals surface area contributed by atoms with Crippen LogP contribution in [0.15, 0.2) is 31.0 Å². The number of aliphatic hydroxyl groups is 1. The summed E-state index contributed by atoms with van der Waals surface area (Å²) in [5, 5.41) is 26.2. The molecule has 3 aromatic rings. The Hall–Kier alpha value is -3.64. The van der Waals surface area contributed by atoms with Gasteiger partial charge in [0.25, 0.3) is 0 Å². The van der Waals surface area contributed by atoms with Crippen LogP contribution >= 0.6 is 34.8 Å². The minimum absolute atomic E-state index is 0.0202. The number of halogens is 4. The fraction of sp³-hybridized carbons (Fsp3) is 0.310. The number of nitrogen functional groups attached to an aromatic ring is 1. The number of aryl methyl sites for hydroxylation is 1. The fourth-order valence-electron chi connectivity index (χ4n) is 5.47. The average molecular weight is 648 g/mol. The number of nitrogens with one attached hydrogen (secondary N) is 3. The zero-order chi connectivity index (χ0) is 31.2. The number of hydrogen-bond donors (Lipinski definition) is 5. The molecule has 2 unspecified atom stereocenters. The lowest BCUT2D eigenvalue weighted by atomic mass is 9.99. The zero-order valence-electron chi connectivity index (χ0n) is 23.4. The van der Waals surface area contributed by atoms with Crippen molar-refractivity contribution in [1.29, 1.82) is 5.41 Å². The Morgan fingerprint density at radius 3 is 2.77 bits per heavy atom. The van der Waals surface area contributed by atoms with E-state index in [0.29, 0.717) is 55.2 Å². The number of rotatable bonds is 5. The van der Waals surface area contributed by atoms with E-state index in [1.54, 1.807) is 24.1 Å². The minimum Gasteiger partial charge on any atom is -0.397 e. The number of hydrogen-bond acceptors (Lipinski definition) is 8. The normalized spacial score (nSPS) is 17.3. The van der Waals surface area contributed by atoms with Gasteiger partial charge in [0, 0.05) is 38.4 Å². The standard InChI is InChI=1S/C29H30Cl3FN8O2/c1-4-18(43)40-9-10-41-15(12-40)6-8-37-26-20(28(41)35)29(38-24-13(2)5-7-36-25(24)14(3)42)39-27(21(26)32)19-22(33)16(30)11-17(31)23(19)34/h4-5,7,11,14-15,35,37,42H,1,6,8-10,12,34H2,2-3H3,(H,38,39). The summed E-state index contributed by atoms with van der Waals surface area (Å²) in [4.78, 5) is 25.1. The number of amidine groups is 1. The Kier molecular flexibility index (Phi) is 8.71. The molecule has 6 N–H and O–H groups in total. The highest BCUT2D eigenvalue weighted by Crippen LogP contribution is 2.46. The van der Waals surface area contributed by atoms with Crippen LogP contribution in [0.4, 0.5) is 27.3 Å². The van der Waals surface area contributed by atoms with Crippen molar-refractivity contribution >= 4 is 69.4 Å². The number of aromatic nitrogens is 2. The van der Waals surface area contributed by atoms with Crippen molar-refractivity contribution in [2.45, 2.75) is 32.4 Å². The van der Waals surface area contributed by atoms with Crippen molar-refractivity contribution in [2.24, 2.45) is 0 Å². The Bertz CT molecular complexity index is 1620. The number of anilines is 4. The minimum atomic E-state index is -0.937. The summed E-state index contributed by atoms with van der Waals surface area (Å²) in [6.45, 7) is 8.62. The van der Waals surface area contributed by atoms with Gasteiger partial charge in [0.05, 0.1) is 60.7 Å². The molecule has 14 heteroatoms. The molecule has 5 rings (SSSR count). The van der Waals surface area contributed by atoms with E-state index in [9.17, 15) is 15.3 Å². The Morgan fingerprint density at radius 2 is 2.07 bits per heavy atom. The maximum absolute atomic E-state index is 15.6. The molecule has 0 bridgehead atoms. The number of pyridine rings is 2. The number of piperazine rings is 1. The van der Waals surface area contributed by atoms with E-state index in [1.165, 1.54) is 12.1 Å². The molecular weight excluding hydrogens is 618 g/mol. The smallest absolute Gasteiger partial charge is 0.246 e. The molecule has 1 aromatic carbocycles. The number of nitrogens with two attached hydrogens (primary N) is 1. The summed E-state index contributed by atoms with van der Waals surface area (Å²) < 4.78 is 15.6. The summed E-state index contributed by atoms with van der Waals surface area (Å²) in [5.41, 5.74) is 8.11. The maximum Gasteiger partial charge on any atom is 0.246 e. The molecule has 4 heterocycles. The molecule has 2 aromatic heterocycles. The molecule has 0 saturated carbocycles. The van der Waals surface area contributed by atoms with Gasteiger partial charge in [-0.15, -0.1) is 0 Å². The second-order valence-electron chi connectivity index (χ2n) is 10.4. The highest BCUT2D eigenvalue weighted by atomic mass is 35.5. The molecule has 0 spiro atoms. The SMILES string of the molecule is C=CC(=O)N1CCN2C(=N)c3c(Nc4c(C)ccnc4C(C)O)nc(-c4c(N)c(Cl)cc(Cl)c4F)c(Cl)c3NCCC2C1. The number of aliphatic hydroxyl groups excluding tert-OH is 1. The van der Waals surface area contributed by atoms with Gasteiger partial charge in [-0.25, -0.2) is 9.37 Å². The largest absolute Gasteiger partial charge is 0.397 e. The number of amides is 1. The van der Waals surface area contributed by atoms with Crippen LogP contribution in [0.3, 0.4) is 0 Å². The molecule has 10 nitrogen and oxygen atoms in total. The van der Waals surface area contributed by atoms with Gasteiger partial charge in [0.1, 0.15) is 11.7 Å². The van der Waals surface area contributed by atoms with Gasteiger partial charge >= 0.3 is 0 Å². The van der Waals surface area contributed by atoms with E-state index in [4.69, 9.17) is 45.5 Å². The van der Waals surface area contributed by atoms with Gasteiger partial charge in [0.15, 0.2) is 5.82 Å². The Morgan fingerprint density at radius 1 is 1.33 bits per heavy atom. The van der Waals surface area contributed by atoms with Gasteiger partial charge in [-0.05, 0) is 44.0 Å². The third kappa shape index (κ3) is 5.58. The number of carbonyl (C=O) groups is 1. The topological polar surface area (TPSA) is 143 Å². The molecule has 2 aliphatic rings. The lowest BCUT2D eigenvalue weighted by Gasteiger charge is -2.44. The van der Waals surface area contributed by atoms with Crippen LogP contribution < -0.4 is 16.4 Å². The van der Waals surface area contributed by atoms with Crippen molar-refractivity contribution < 1.29 is 14.3 Å². The molecule has 1 saturated heterocycles. The summed E-state index contributed by atoms with van der Waals surface area (Å²) in [5.74, 6) is -0.782. The van der Waals surface area contributed by atoms with Gasteiger partial charge in [0.2, 0.25) is 5.91 Å². The average Bonchev–Trinajstić information content (AvgIpc) is 2.97. The van der Waals surface area contributed by atoms with Gasteiger partial charge in [-0.1, -0.05) is 41.4 Å². The van der Waals surface area contributed by atoms with Gasteiger partial charge in [-0.3, -0.25) is 15.2 Å². The van der Waals surface area contributed by atoms with Crippen LogP contribution in [0.1, 0.15) is 36.3 Å². The van der Waals surface area contributed by atoms with E-state index in [-0.39, 0.29) is 55.6 Å². The summed E-state index contributed by atoms with van der Waals surface area (Å²) in [6, 6.07) is 2.79. The second-order valence-corrected chi connectivity index (χ2v) is 11.6. The Balaban J connectivity index is 1.74. The van der Waals surface area contributed by atoms with Gasteiger partial charge < -0.3 is 31.3 Å². The lowest BCUT2D eigenvalue weighted by Crippen LogP contribution is -2.57. The van der Waals surface area contributed by atoms with Crippen LogP contribution in [0.2, 0.25) is 15.1 Å². The Labute approximate surface area is 263 Å².